The van der Waals surface area contributed by atoms with E-state index in [1.807, 2.05) is 19.1 Å². The second-order valence-corrected chi connectivity index (χ2v) is 8.18. The van der Waals surface area contributed by atoms with Crippen LogP contribution in [0.25, 0.3) is 0 Å². The predicted molar refractivity (Wildman–Crippen MR) is 124 cm³/mol. The smallest absolute Gasteiger partial charge is 0.328 e. The molecule has 2 N–H and O–H groups in total. The zero-order valence-corrected chi connectivity index (χ0v) is 19.1. The lowest BCUT2D eigenvalue weighted by molar-refractivity contribution is -0.384. The molecule has 0 saturated carbocycles. The molecule has 34 heavy (non-hydrogen) atoms. The maximum atomic E-state index is 12.3. The quantitative estimate of drug-likeness (QED) is 0.267. The summed E-state index contributed by atoms with van der Waals surface area (Å²) in [4.78, 5) is 47.1. The fourth-order valence-electron chi connectivity index (χ4n) is 2.77. The summed E-state index contributed by atoms with van der Waals surface area (Å²) in [5.41, 5.74) is 1.57. The van der Waals surface area contributed by atoms with Gasteiger partial charge in [0.2, 0.25) is 5.01 Å². The average molecular weight is 484 g/mol. The number of amides is 2. The highest BCUT2D eigenvalue weighted by atomic mass is 32.1. The number of benzene rings is 2. The van der Waals surface area contributed by atoms with Crippen LogP contribution in [0.15, 0.2) is 48.5 Å². The third kappa shape index (κ3) is 6.42. The van der Waals surface area contributed by atoms with Crippen molar-refractivity contribution in [2.24, 2.45) is 0 Å². The van der Waals surface area contributed by atoms with E-state index < -0.39 is 28.7 Å². The van der Waals surface area contributed by atoms with Crippen molar-refractivity contribution in [2.75, 3.05) is 5.32 Å². The Labute approximate surface area is 198 Å². The molecule has 2 amide bonds. The minimum Gasteiger partial charge on any atom is -0.457 e. The number of rotatable bonds is 9. The van der Waals surface area contributed by atoms with Gasteiger partial charge in [-0.05, 0) is 37.1 Å². The van der Waals surface area contributed by atoms with Gasteiger partial charge in [-0.1, -0.05) is 36.5 Å². The lowest BCUT2D eigenvalue weighted by atomic mass is 10.1. The van der Waals surface area contributed by atoms with Gasteiger partial charge in [-0.25, -0.2) is 4.79 Å². The largest absolute Gasteiger partial charge is 0.457 e. The molecule has 176 valence electrons. The molecule has 0 spiro atoms. The molecule has 12 heteroatoms. The highest BCUT2D eigenvalue weighted by Gasteiger charge is 2.21. The van der Waals surface area contributed by atoms with Gasteiger partial charge in [0.1, 0.15) is 12.6 Å². The number of nitro benzene ring substituents is 1. The molecular weight excluding hydrogens is 462 g/mol. The predicted octanol–water partition coefficient (Wildman–Crippen LogP) is 3.12. The molecule has 1 heterocycles. The number of nitrogens with one attached hydrogen (secondary N) is 2. The first-order valence-electron chi connectivity index (χ1n) is 10.2. The van der Waals surface area contributed by atoms with Gasteiger partial charge in [0.05, 0.1) is 4.92 Å². The standard InChI is InChI=1S/C22H21N5O6S/c1-3-14-7-9-16(10-8-14)24-20(29)21-26-25-18(34-21)12-33-22(30)13(2)23-19(28)15-5-4-6-17(11-15)27(31)32/h4-11,13H,3,12H2,1-2H3,(H,23,28)(H,24,29)/t13-/m0/s1. The first-order valence-corrected chi connectivity index (χ1v) is 11.0. The molecule has 0 unspecified atom stereocenters. The molecule has 0 aliphatic rings. The number of nitro groups is 1. The van der Waals surface area contributed by atoms with Crippen molar-refractivity contribution in [3.05, 3.63) is 79.8 Å². The molecule has 2 aromatic carbocycles. The van der Waals surface area contributed by atoms with E-state index in [4.69, 9.17) is 4.74 Å². The molecule has 11 nitrogen and oxygen atoms in total. The molecular formula is C22H21N5O6S. The molecule has 0 radical (unpaired) electrons. The highest BCUT2D eigenvalue weighted by Crippen LogP contribution is 2.16. The number of aromatic nitrogens is 2. The topological polar surface area (TPSA) is 153 Å². The first kappa shape index (κ1) is 24.5. The third-order valence-corrected chi connectivity index (χ3v) is 5.53. The van der Waals surface area contributed by atoms with Crippen LogP contribution in [0.5, 0.6) is 0 Å². The van der Waals surface area contributed by atoms with E-state index in [9.17, 15) is 24.5 Å². The monoisotopic (exact) mass is 483 g/mol. The summed E-state index contributed by atoms with van der Waals surface area (Å²) in [6, 6.07) is 11.5. The fourth-order valence-corrected chi connectivity index (χ4v) is 3.42. The van der Waals surface area contributed by atoms with Crippen LogP contribution in [0.4, 0.5) is 11.4 Å². The van der Waals surface area contributed by atoms with Crippen molar-refractivity contribution < 1.29 is 24.0 Å². The molecule has 0 saturated heterocycles. The Morgan fingerprint density at radius 1 is 1.12 bits per heavy atom. The van der Waals surface area contributed by atoms with Gasteiger partial charge in [-0.15, -0.1) is 10.2 Å². The summed E-state index contributed by atoms with van der Waals surface area (Å²) in [6.45, 7) is 3.22. The number of hydrogen-bond donors (Lipinski definition) is 2. The number of non-ortho nitro benzene ring substituents is 1. The Kier molecular flexibility index (Phi) is 7.98. The van der Waals surface area contributed by atoms with Crippen molar-refractivity contribution in [3.8, 4) is 0 Å². The lowest BCUT2D eigenvalue weighted by Crippen LogP contribution is -2.39. The first-order chi connectivity index (χ1) is 16.3. The van der Waals surface area contributed by atoms with Crippen molar-refractivity contribution in [3.63, 3.8) is 0 Å². The van der Waals surface area contributed by atoms with Gasteiger partial charge in [-0.2, -0.15) is 0 Å². The van der Waals surface area contributed by atoms with Gasteiger partial charge in [0, 0.05) is 23.4 Å². The molecule has 3 rings (SSSR count). The third-order valence-electron chi connectivity index (χ3n) is 4.64. The van der Waals surface area contributed by atoms with Gasteiger partial charge < -0.3 is 15.4 Å². The molecule has 0 aliphatic heterocycles. The van der Waals surface area contributed by atoms with E-state index in [-0.39, 0.29) is 22.9 Å². The number of nitrogens with zero attached hydrogens (tertiary/aromatic N) is 3. The number of anilines is 1. The van der Waals surface area contributed by atoms with Crippen LogP contribution in [0.1, 0.15) is 44.6 Å². The van der Waals surface area contributed by atoms with Gasteiger partial charge in [-0.3, -0.25) is 19.7 Å². The normalized spacial score (nSPS) is 11.4. The van der Waals surface area contributed by atoms with Crippen molar-refractivity contribution >= 4 is 40.5 Å². The minimum absolute atomic E-state index is 0.0398. The van der Waals surface area contributed by atoms with E-state index in [1.165, 1.54) is 25.1 Å². The molecule has 0 fully saturated rings. The van der Waals surface area contributed by atoms with E-state index in [2.05, 4.69) is 20.8 Å². The van der Waals surface area contributed by atoms with Crippen LogP contribution in [-0.4, -0.2) is 38.9 Å². The Morgan fingerprint density at radius 3 is 2.53 bits per heavy atom. The Bertz CT molecular complexity index is 1210. The van der Waals surface area contributed by atoms with Crippen LogP contribution < -0.4 is 10.6 Å². The maximum absolute atomic E-state index is 12.3. The lowest BCUT2D eigenvalue weighted by Gasteiger charge is -2.12. The zero-order valence-electron chi connectivity index (χ0n) is 18.3. The number of esters is 1. The Hall–Kier alpha value is -4.19. The van der Waals surface area contributed by atoms with Gasteiger partial charge in [0.25, 0.3) is 17.5 Å². The number of carbonyl (C=O) groups excluding carboxylic acids is 3. The fraction of sp³-hybridized carbons (Fsp3) is 0.227. The summed E-state index contributed by atoms with van der Waals surface area (Å²) in [7, 11) is 0. The maximum Gasteiger partial charge on any atom is 0.328 e. The van der Waals surface area contributed by atoms with Crippen molar-refractivity contribution in [1.29, 1.82) is 0 Å². The summed E-state index contributed by atoms with van der Waals surface area (Å²) in [5, 5.41) is 24.1. The van der Waals surface area contributed by atoms with E-state index in [1.54, 1.807) is 12.1 Å². The van der Waals surface area contributed by atoms with Crippen LogP contribution >= 0.6 is 11.3 Å². The molecule has 0 aliphatic carbocycles. The number of ether oxygens (including phenoxy) is 1. The summed E-state index contributed by atoms with van der Waals surface area (Å²) in [5.74, 6) is -1.83. The Morgan fingerprint density at radius 2 is 1.85 bits per heavy atom. The molecule has 1 aromatic heterocycles. The second-order valence-electron chi connectivity index (χ2n) is 7.12. The van der Waals surface area contributed by atoms with Crippen molar-refractivity contribution in [1.82, 2.24) is 15.5 Å². The van der Waals surface area contributed by atoms with Crippen LogP contribution in [0.2, 0.25) is 0 Å². The van der Waals surface area contributed by atoms with Crippen LogP contribution in [0.3, 0.4) is 0 Å². The molecule has 0 bridgehead atoms. The minimum atomic E-state index is -1.02. The second kappa shape index (κ2) is 11.1. The van der Waals surface area contributed by atoms with E-state index in [0.29, 0.717) is 10.7 Å². The zero-order chi connectivity index (χ0) is 24.7. The molecule has 3 aromatic rings. The number of hydrogen-bond acceptors (Lipinski definition) is 9. The molecule has 1 atom stereocenters. The summed E-state index contributed by atoms with van der Waals surface area (Å²) in [6.07, 6.45) is 0.893. The number of aryl methyl sites for hydroxylation is 1. The van der Waals surface area contributed by atoms with Crippen LogP contribution in [0, 0.1) is 10.1 Å². The van der Waals surface area contributed by atoms with Gasteiger partial charge >= 0.3 is 5.97 Å². The Balaban J connectivity index is 1.50. The van der Waals surface area contributed by atoms with Gasteiger partial charge in [0.15, 0.2) is 5.01 Å². The number of carbonyl (C=O) groups is 3. The SMILES string of the molecule is CCc1ccc(NC(=O)c2nnc(COC(=O)[C@H](C)NC(=O)c3cccc([N+](=O)[O-])c3)s2)cc1. The summed E-state index contributed by atoms with van der Waals surface area (Å²) < 4.78 is 5.14. The van der Waals surface area contributed by atoms with E-state index in [0.717, 1.165) is 29.4 Å². The van der Waals surface area contributed by atoms with E-state index >= 15 is 0 Å². The average Bonchev–Trinajstić information content (AvgIpc) is 3.32. The summed E-state index contributed by atoms with van der Waals surface area (Å²) >= 11 is 0.974. The van der Waals surface area contributed by atoms with Crippen molar-refractivity contribution in [2.45, 2.75) is 32.9 Å². The van der Waals surface area contributed by atoms with Crippen LogP contribution in [-0.2, 0) is 22.6 Å². The highest BCUT2D eigenvalue weighted by molar-refractivity contribution is 7.13.